The zero-order chi connectivity index (χ0) is 33.8. The number of rotatable bonds is 4. The zero-order valence-corrected chi connectivity index (χ0v) is 26.7. The number of benzene rings is 7. The molecule has 2 aromatic heterocycles. The molecule has 5 nitrogen and oxygen atoms in total. The fourth-order valence-electron chi connectivity index (χ4n) is 7.56. The monoisotopic (exact) mass is 635 g/mol. The van der Waals surface area contributed by atoms with Crippen LogP contribution in [0.3, 0.4) is 0 Å². The summed E-state index contributed by atoms with van der Waals surface area (Å²) in [5.41, 5.74) is 11.1. The molecule has 50 heavy (non-hydrogen) atoms. The normalized spacial score (nSPS) is 11.1. The van der Waals surface area contributed by atoms with Crippen molar-refractivity contribution >= 4 is 43.6 Å². The SMILES string of the molecule is N#Cc1ccc2c(c1)c1c(C#N)cccc1n2-c1cccc(C#N)c1-c1ccccc1-c1cccc(-n2c3ccccc3c3ccccc32)c1. The molecule has 7 aromatic carbocycles. The molecule has 2 heterocycles. The number of para-hydroxylation sites is 2. The predicted molar refractivity (Wildman–Crippen MR) is 200 cm³/mol. The van der Waals surface area contributed by atoms with Crippen molar-refractivity contribution in [3.05, 3.63) is 168 Å². The van der Waals surface area contributed by atoms with Gasteiger partial charge in [0.25, 0.3) is 0 Å². The molecule has 0 radical (unpaired) electrons. The second-order valence-electron chi connectivity index (χ2n) is 12.3. The Morgan fingerprint density at radius 1 is 0.420 bits per heavy atom. The molecule has 9 aromatic rings. The summed E-state index contributed by atoms with van der Waals surface area (Å²) in [6.45, 7) is 0. The van der Waals surface area contributed by atoms with E-state index in [1.54, 1.807) is 12.1 Å². The van der Waals surface area contributed by atoms with Crippen LogP contribution >= 0.6 is 0 Å². The van der Waals surface area contributed by atoms with Crippen LogP contribution in [0.1, 0.15) is 16.7 Å². The van der Waals surface area contributed by atoms with Crippen molar-refractivity contribution in [2.24, 2.45) is 0 Å². The van der Waals surface area contributed by atoms with Crippen LogP contribution in [0.15, 0.2) is 152 Å². The number of fused-ring (bicyclic) bond motifs is 6. The summed E-state index contributed by atoms with van der Waals surface area (Å²) in [7, 11) is 0. The van der Waals surface area contributed by atoms with Gasteiger partial charge in [-0.3, -0.25) is 0 Å². The van der Waals surface area contributed by atoms with E-state index >= 15 is 0 Å². The van der Waals surface area contributed by atoms with Gasteiger partial charge in [-0.1, -0.05) is 84.9 Å². The highest BCUT2D eigenvalue weighted by Gasteiger charge is 2.22. The topological polar surface area (TPSA) is 81.2 Å². The fraction of sp³-hybridized carbons (Fsp3) is 0. The first-order valence-electron chi connectivity index (χ1n) is 16.3. The van der Waals surface area contributed by atoms with Crippen molar-refractivity contribution in [2.45, 2.75) is 0 Å². The van der Waals surface area contributed by atoms with E-state index < -0.39 is 0 Å². The van der Waals surface area contributed by atoms with Gasteiger partial charge in [0, 0.05) is 32.8 Å². The minimum absolute atomic E-state index is 0.517. The second-order valence-corrected chi connectivity index (χ2v) is 12.3. The Bertz CT molecular complexity index is 2920. The van der Waals surface area contributed by atoms with Crippen LogP contribution in [0.25, 0.3) is 77.2 Å². The molecule has 0 unspecified atom stereocenters. The molecule has 230 valence electrons. The number of aromatic nitrogens is 2. The summed E-state index contributed by atoms with van der Waals surface area (Å²) in [6.07, 6.45) is 0. The first kappa shape index (κ1) is 28.8. The van der Waals surface area contributed by atoms with Crippen molar-refractivity contribution in [2.75, 3.05) is 0 Å². The second kappa shape index (κ2) is 11.4. The first-order chi connectivity index (χ1) is 24.7. The molecule has 0 aliphatic rings. The summed E-state index contributed by atoms with van der Waals surface area (Å²) in [4.78, 5) is 0. The van der Waals surface area contributed by atoms with Crippen LogP contribution in [-0.2, 0) is 0 Å². The average Bonchev–Trinajstić information content (AvgIpc) is 3.70. The van der Waals surface area contributed by atoms with E-state index in [0.717, 1.165) is 66.5 Å². The highest BCUT2D eigenvalue weighted by atomic mass is 15.0. The van der Waals surface area contributed by atoms with Gasteiger partial charge in [0.2, 0.25) is 0 Å². The summed E-state index contributed by atoms with van der Waals surface area (Å²) >= 11 is 0. The lowest BCUT2D eigenvalue weighted by Crippen LogP contribution is -2.01. The van der Waals surface area contributed by atoms with Crippen molar-refractivity contribution in [3.8, 4) is 51.8 Å². The minimum atomic E-state index is 0.517. The highest BCUT2D eigenvalue weighted by Crippen LogP contribution is 2.42. The quantitative estimate of drug-likeness (QED) is 0.193. The van der Waals surface area contributed by atoms with E-state index in [0.29, 0.717) is 16.7 Å². The summed E-state index contributed by atoms with van der Waals surface area (Å²) in [5, 5.41) is 34.4. The number of hydrogen-bond acceptors (Lipinski definition) is 3. The zero-order valence-electron chi connectivity index (χ0n) is 26.7. The van der Waals surface area contributed by atoms with Gasteiger partial charge in [-0.15, -0.1) is 0 Å². The third-order valence-corrected chi connectivity index (χ3v) is 9.64. The van der Waals surface area contributed by atoms with Crippen LogP contribution in [0.2, 0.25) is 0 Å². The van der Waals surface area contributed by atoms with E-state index in [4.69, 9.17) is 0 Å². The van der Waals surface area contributed by atoms with Crippen LogP contribution < -0.4 is 0 Å². The van der Waals surface area contributed by atoms with E-state index in [9.17, 15) is 15.8 Å². The molecule has 0 fully saturated rings. The molecule has 0 amide bonds. The Balaban J connectivity index is 1.31. The highest BCUT2D eigenvalue weighted by molar-refractivity contribution is 6.13. The third kappa shape index (κ3) is 4.24. The summed E-state index contributed by atoms with van der Waals surface area (Å²) in [6, 6.07) is 57.9. The molecule has 0 saturated carbocycles. The third-order valence-electron chi connectivity index (χ3n) is 9.64. The lowest BCUT2D eigenvalue weighted by atomic mass is 9.90. The lowest BCUT2D eigenvalue weighted by molar-refractivity contribution is 1.18. The molecular formula is C45H25N5. The summed E-state index contributed by atoms with van der Waals surface area (Å²) in [5.74, 6) is 0. The molecule has 9 rings (SSSR count). The van der Waals surface area contributed by atoms with Crippen molar-refractivity contribution in [1.29, 1.82) is 15.8 Å². The van der Waals surface area contributed by atoms with Gasteiger partial charge in [0.05, 0.1) is 62.7 Å². The summed E-state index contributed by atoms with van der Waals surface area (Å²) < 4.78 is 4.43. The molecule has 0 N–H and O–H groups in total. The largest absolute Gasteiger partial charge is 0.309 e. The Morgan fingerprint density at radius 2 is 1.04 bits per heavy atom. The Labute approximate surface area is 287 Å². The Morgan fingerprint density at radius 3 is 1.78 bits per heavy atom. The molecule has 0 spiro atoms. The van der Waals surface area contributed by atoms with E-state index in [2.05, 4.69) is 112 Å². The van der Waals surface area contributed by atoms with E-state index in [1.807, 2.05) is 54.6 Å². The predicted octanol–water partition coefficient (Wildman–Crippen LogP) is 10.8. The average molecular weight is 636 g/mol. The van der Waals surface area contributed by atoms with Gasteiger partial charge in [-0.05, 0) is 83.4 Å². The standard InChI is InChI=1S/C45H25N5/c46-26-29-22-23-41-38(24-29)45-32(28-48)12-9-21-43(45)50(41)42-20-8-11-31(27-47)44(42)37-17-2-1-14-34(37)30-10-7-13-33(25-30)49-39-18-5-3-15-35(39)36-16-4-6-19-40(36)49/h1-25H. The molecular weight excluding hydrogens is 611 g/mol. The van der Waals surface area contributed by atoms with Crippen LogP contribution in [0.4, 0.5) is 0 Å². The van der Waals surface area contributed by atoms with Crippen molar-refractivity contribution < 1.29 is 0 Å². The molecule has 5 heteroatoms. The van der Waals surface area contributed by atoms with Crippen molar-refractivity contribution in [3.63, 3.8) is 0 Å². The van der Waals surface area contributed by atoms with Gasteiger partial charge < -0.3 is 9.13 Å². The number of nitriles is 3. The fourth-order valence-corrected chi connectivity index (χ4v) is 7.56. The van der Waals surface area contributed by atoms with Gasteiger partial charge in [-0.2, -0.15) is 15.8 Å². The van der Waals surface area contributed by atoms with E-state index in [1.165, 1.54) is 10.8 Å². The number of hydrogen-bond donors (Lipinski definition) is 0. The molecule has 0 saturated heterocycles. The van der Waals surface area contributed by atoms with E-state index in [-0.39, 0.29) is 0 Å². The molecule has 0 atom stereocenters. The van der Waals surface area contributed by atoms with Crippen LogP contribution in [-0.4, -0.2) is 9.13 Å². The smallest absolute Gasteiger partial charge is 0.0998 e. The van der Waals surface area contributed by atoms with Gasteiger partial charge >= 0.3 is 0 Å². The maximum Gasteiger partial charge on any atom is 0.0998 e. The van der Waals surface area contributed by atoms with Crippen molar-refractivity contribution in [1.82, 2.24) is 9.13 Å². The maximum atomic E-state index is 10.6. The van der Waals surface area contributed by atoms with Gasteiger partial charge in [0.15, 0.2) is 0 Å². The van der Waals surface area contributed by atoms with Gasteiger partial charge in [-0.25, -0.2) is 0 Å². The number of nitrogens with zero attached hydrogens (tertiary/aromatic N) is 5. The molecule has 0 aliphatic carbocycles. The van der Waals surface area contributed by atoms with Crippen LogP contribution in [0, 0.1) is 34.0 Å². The molecule has 0 aliphatic heterocycles. The Hall–Kier alpha value is -7.39. The van der Waals surface area contributed by atoms with Gasteiger partial charge in [0.1, 0.15) is 0 Å². The Kier molecular flexibility index (Phi) is 6.56. The molecule has 0 bridgehead atoms. The lowest BCUT2D eigenvalue weighted by Gasteiger charge is -2.19. The van der Waals surface area contributed by atoms with Crippen LogP contribution in [0.5, 0.6) is 0 Å². The maximum absolute atomic E-state index is 10.6. The first-order valence-corrected chi connectivity index (χ1v) is 16.3. The minimum Gasteiger partial charge on any atom is -0.309 e.